The van der Waals surface area contributed by atoms with E-state index in [2.05, 4.69) is 30.5 Å². The number of aromatic nitrogens is 2. The molecule has 186 valence electrons. The highest BCUT2D eigenvalue weighted by Gasteiger charge is 2.48. The average molecular weight is 479 g/mol. The second kappa shape index (κ2) is 9.00. The Morgan fingerprint density at radius 1 is 1.20 bits per heavy atom. The number of carbonyl (C=O) groups excluding carboxylic acids is 1. The molecule has 0 bridgehead atoms. The van der Waals surface area contributed by atoms with Gasteiger partial charge in [-0.2, -0.15) is 0 Å². The molecule has 0 unspecified atom stereocenters. The van der Waals surface area contributed by atoms with Gasteiger partial charge >= 0.3 is 6.09 Å². The Balaban J connectivity index is 1.89. The zero-order valence-corrected chi connectivity index (χ0v) is 21.3. The van der Waals surface area contributed by atoms with Crippen LogP contribution in [0, 0.1) is 19.3 Å². The molecular formula is C27H34N4O4. The quantitative estimate of drug-likeness (QED) is 0.582. The summed E-state index contributed by atoms with van der Waals surface area (Å²) in [4.78, 5) is 30.5. The molecule has 3 heterocycles. The number of benzene rings is 1. The van der Waals surface area contributed by atoms with Gasteiger partial charge < -0.3 is 24.5 Å². The molecule has 2 N–H and O–H groups in total. The van der Waals surface area contributed by atoms with E-state index in [-0.39, 0.29) is 17.9 Å². The van der Waals surface area contributed by atoms with Crippen molar-refractivity contribution in [1.82, 2.24) is 19.6 Å². The molecule has 1 aromatic carbocycles. The number of rotatable bonds is 4. The molecule has 8 heteroatoms. The van der Waals surface area contributed by atoms with Crippen molar-refractivity contribution in [2.75, 3.05) is 26.7 Å². The number of nitrogens with zero attached hydrogens (tertiary/aromatic N) is 3. The number of nitrogens with one attached hydrogen (secondary N) is 1. The van der Waals surface area contributed by atoms with E-state index in [0.29, 0.717) is 25.1 Å². The molecule has 3 aromatic rings. The summed E-state index contributed by atoms with van der Waals surface area (Å²) in [7, 11) is 1.62. The number of amides is 2. The average Bonchev–Trinajstić information content (AvgIpc) is 3.14. The fourth-order valence-corrected chi connectivity index (χ4v) is 4.84. The van der Waals surface area contributed by atoms with Crippen LogP contribution in [0.25, 0.3) is 16.9 Å². The number of hydrogen-bond acceptors (Lipinski definition) is 4. The Labute approximate surface area is 205 Å². The molecule has 0 aliphatic carbocycles. The van der Waals surface area contributed by atoms with Gasteiger partial charge in [0.2, 0.25) is 0 Å². The normalized spacial score (nSPS) is 18.6. The van der Waals surface area contributed by atoms with Gasteiger partial charge in [-0.3, -0.25) is 4.79 Å². The summed E-state index contributed by atoms with van der Waals surface area (Å²) in [6.45, 7) is 11.3. The van der Waals surface area contributed by atoms with Gasteiger partial charge in [0, 0.05) is 37.3 Å². The highest BCUT2D eigenvalue weighted by molar-refractivity contribution is 5.95. The van der Waals surface area contributed by atoms with Crippen LogP contribution in [0.5, 0.6) is 0 Å². The molecule has 0 saturated carbocycles. The van der Waals surface area contributed by atoms with Crippen LogP contribution in [0.3, 0.4) is 0 Å². The third kappa shape index (κ3) is 4.50. The van der Waals surface area contributed by atoms with Crippen LogP contribution in [0.1, 0.15) is 48.0 Å². The van der Waals surface area contributed by atoms with Gasteiger partial charge in [-0.25, -0.2) is 9.78 Å². The first kappa shape index (κ1) is 24.7. The number of carbonyl (C=O) groups is 2. The van der Waals surface area contributed by atoms with Gasteiger partial charge in [-0.1, -0.05) is 26.8 Å². The largest absolute Gasteiger partial charge is 0.465 e. The molecule has 0 spiro atoms. The number of ether oxygens (including phenoxy) is 1. The molecule has 8 nitrogen and oxygen atoms in total. The van der Waals surface area contributed by atoms with Crippen LogP contribution in [-0.2, 0) is 11.2 Å². The number of morpholine rings is 1. The molecule has 1 fully saturated rings. The SMILES string of the molecule is CNC(=O)c1ccc(-c2nc3cc(C)ccn3c2C[C@]2(C(C)(C)C)CN(C(=O)O)CCO2)c(C)c1. The number of pyridine rings is 1. The van der Waals surface area contributed by atoms with Gasteiger partial charge in [0.05, 0.1) is 30.1 Å². The zero-order valence-electron chi connectivity index (χ0n) is 21.3. The summed E-state index contributed by atoms with van der Waals surface area (Å²) >= 11 is 0. The lowest BCUT2D eigenvalue weighted by molar-refractivity contribution is -0.158. The van der Waals surface area contributed by atoms with E-state index in [1.54, 1.807) is 7.05 Å². The van der Waals surface area contributed by atoms with Crippen LogP contribution in [0.2, 0.25) is 0 Å². The first-order valence-corrected chi connectivity index (χ1v) is 11.9. The first-order chi connectivity index (χ1) is 16.5. The standard InChI is InChI=1S/C27H34N4O4/c1-17-9-10-31-21(15-27(26(3,4)5)16-30(25(33)34)11-12-35-27)23(29-22(31)13-17)20-8-7-19(14-18(20)2)24(32)28-6/h7-10,13-14H,11-12,15-16H2,1-6H3,(H,28,32)(H,33,34)/t27-/m1/s1. The lowest BCUT2D eigenvalue weighted by atomic mass is 9.72. The molecule has 4 rings (SSSR count). The fraction of sp³-hybridized carbons (Fsp3) is 0.444. The third-order valence-corrected chi connectivity index (χ3v) is 7.13. The lowest BCUT2D eigenvalue weighted by Crippen LogP contribution is -2.60. The third-order valence-electron chi connectivity index (χ3n) is 7.13. The van der Waals surface area contributed by atoms with Crippen LogP contribution in [-0.4, -0.2) is 63.7 Å². The fourth-order valence-electron chi connectivity index (χ4n) is 4.84. The van der Waals surface area contributed by atoms with Crippen LogP contribution < -0.4 is 5.32 Å². The minimum Gasteiger partial charge on any atom is -0.465 e. The summed E-state index contributed by atoms with van der Waals surface area (Å²) < 4.78 is 8.52. The lowest BCUT2D eigenvalue weighted by Gasteiger charge is -2.49. The Morgan fingerprint density at radius 3 is 2.57 bits per heavy atom. The Bertz CT molecular complexity index is 1290. The van der Waals surface area contributed by atoms with Crippen molar-refractivity contribution in [3.05, 3.63) is 58.9 Å². The number of aryl methyl sites for hydroxylation is 2. The molecule has 2 aromatic heterocycles. The number of imidazole rings is 1. The van der Waals surface area contributed by atoms with E-state index in [9.17, 15) is 14.7 Å². The van der Waals surface area contributed by atoms with E-state index in [0.717, 1.165) is 33.7 Å². The summed E-state index contributed by atoms with van der Waals surface area (Å²) in [6.07, 6.45) is 1.56. The Hall–Kier alpha value is -3.39. The predicted octanol–water partition coefficient (Wildman–Crippen LogP) is 4.32. The highest BCUT2D eigenvalue weighted by Crippen LogP contribution is 2.41. The Kier molecular flexibility index (Phi) is 6.36. The maximum absolute atomic E-state index is 12.2. The maximum atomic E-state index is 12.2. The van der Waals surface area contributed by atoms with Gasteiger partial charge in [0.15, 0.2) is 0 Å². The predicted molar refractivity (Wildman–Crippen MR) is 135 cm³/mol. The summed E-state index contributed by atoms with van der Waals surface area (Å²) in [5.41, 5.74) is 5.07. The molecule has 1 aliphatic heterocycles. The van der Waals surface area contributed by atoms with Crippen LogP contribution in [0.15, 0.2) is 36.5 Å². The molecular weight excluding hydrogens is 444 g/mol. The van der Waals surface area contributed by atoms with E-state index in [4.69, 9.17) is 9.72 Å². The first-order valence-electron chi connectivity index (χ1n) is 11.9. The minimum atomic E-state index is -0.934. The van der Waals surface area contributed by atoms with Gasteiger partial charge in [-0.15, -0.1) is 0 Å². The van der Waals surface area contributed by atoms with Crippen LogP contribution >= 0.6 is 0 Å². The maximum Gasteiger partial charge on any atom is 0.407 e. The van der Waals surface area contributed by atoms with Crippen molar-refractivity contribution in [2.24, 2.45) is 5.41 Å². The van der Waals surface area contributed by atoms with E-state index >= 15 is 0 Å². The number of carboxylic acid groups (broad SMARTS) is 1. The van der Waals surface area contributed by atoms with Crippen molar-refractivity contribution in [1.29, 1.82) is 0 Å². The second-order valence-electron chi connectivity index (χ2n) is 10.4. The zero-order chi connectivity index (χ0) is 25.5. The van der Waals surface area contributed by atoms with Crippen molar-refractivity contribution in [2.45, 2.75) is 46.6 Å². The molecule has 2 amide bonds. The summed E-state index contributed by atoms with van der Waals surface area (Å²) in [5.74, 6) is -0.137. The highest BCUT2D eigenvalue weighted by atomic mass is 16.5. The van der Waals surface area contributed by atoms with Gasteiger partial charge in [-0.05, 0) is 54.7 Å². The van der Waals surface area contributed by atoms with E-state index < -0.39 is 11.7 Å². The van der Waals surface area contributed by atoms with Crippen molar-refractivity contribution < 1.29 is 19.4 Å². The van der Waals surface area contributed by atoms with Gasteiger partial charge in [0.25, 0.3) is 5.91 Å². The van der Waals surface area contributed by atoms with Crippen molar-refractivity contribution >= 4 is 17.6 Å². The monoisotopic (exact) mass is 478 g/mol. The summed E-state index contributed by atoms with van der Waals surface area (Å²) in [6, 6.07) is 9.70. The topological polar surface area (TPSA) is 96.2 Å². The Morgan fingerprint density at radius 2 is 1.94 bits per heavy atom. The second-order valence-corrected chi connectivity index (χ2v) is 10.4. The molecule has 1 saturated heterocycles. The number of fused-ring (bicyclic) bond motifs is 1. The van der Waals surface area contributed by atoms with E-state index in [1.807, 2.05) is 50.4 Å². The van der Waals surface area contributed by atoms with Gasteiger partial charge in [0.1, 0.15) is 5.65 Å². The smallest absolute Gasteiger partial charge is 0.407 e. The minimum absolute atomic E-state index is 0.137. The molecule has 1 atom stereocenters. The molecule has 35 heavy (non-hydrogen) atoms. The van der Waals surface area contributed by atoms with Crippen molar-refractivity contribution in [3.8, 4) is 11.3 Å². The molecule has 0 radical (unpaired) electrons. The summed E-state index contributed by atoms with van der Waals surface area (Å²) in [5, 5.41) is 12.4. The van der Waals surface area contributed by atoms with Crippen molar-refractivity contribution in [3.63, 3.8) is 0 Å². The van der Waals surface area contributed by atoms with Crippen LogP contribution in [0.4, 0.5) is 4.79 Å². The van der Waals surface area contributed by atoms with E-state index in [1.165, 1.54) is 4.90 Å². The number of hydrogen-bond donors (Lipinski definition) is 2. The molecule has 1 aliphatic rings.